The predicted octanol–water partition coefficient (Wildman–Crippen LogP) is 7.55. The number of Topliss-reactive ketones (excluding diaryl/α,β-unsaturated/α-hetero) is 1. The lowest BCUT2D eigenvalue weighted by atomic mass is 9.47. The molecule has 3 heteroatoms. The van der Waals surface area contributed by atoms with E-state index in [2.05, 4.69) is 75.3 Å². The van der Waals surface area contributed by atoms with Crippen LogP contribution in [-0.4, -0.2) is 20.7 Å². The molecule has 2 aliphatic rings. The van der Waals surface area contributed by atoms with Crippen LogP contribution in [0.25, 0.3) is 0 Å². The van der Waals surface area contributed by atoms with Crippen LogP contribution in [0, 0.1) is 22.7 Å². The van der Waals surface area contributed by atoms with Gasteiger partial charge in [-0.1, -0.05) is 67.0 Å². The summed E-state index contributed by atoms with van der Waals surface area (Å²) >= 11 is 0. The van der Waals surface area contributed by atoms with E-state index in [4.69, 9.17) is 4.43 Å². The summed E-state index contributed by atoms with van der Waals surface area (Å²) in [5.41, 5.74) is 3.08. The van der Waals surface area contributed by atoms with Crippen molar-refractivity contribution in [3.05, 3.63) is 11.6 Å². The summed E-state index contributed by atoms with van der Waals surface area (Å²) in [5.74, 6) is 1.34. The predicted molar refractivity (Wildman–Crippen MR) is 123 cm³/mol. The third-order valence-electron chi connectivity index (χ3n) is 9.11. The van der Waals surface area contributed by atoms with Crippen LogP contribution in [0.3, 0.4) is 0 Å². The highest BCUT2D eigenvalue weighted by atomic mass is 28.4. The van der Waals surface area contributed by atoms with Gasteiger partial charge in [0.1, 0.15) is 5.78 Å². The van der Waals surface area contributed by atoms with Crippen LogP contribution in [0.5, 0.6) is 0 Å². The molecule has 0 amide bonds. The standard InChI is InChI=1S/C25H46O2Si/c1-17(2)28(18(3)4,19(5)6)27-15-14-24(9)21(8)16-23(26)25(10)20(7)12-11-13-22(24)25/h12,17-19,21-22H,11,13-16H2,1-10H3/t21-,22+,24-,25-/m1/s1. The first-order chi connectivity index (χ1) is 12.8. The van der Waals surface area contributed by atoms with Gasteiger partial charge in [0.2, 0.25) is 0 Å². The highest BCUT2D eigenvalue weighted by molar-refractivity contribution is 6.77. The summed E-state index contributed by atoms with van der Waals surface area (Å²) in [6.45, 7) is 24.2. The van der Waals surface area contributed by atoms with E-state index < -0.39 is 8.32 Å². The van der Waals surface area contributed by atoms with Crippen LogP contribution in [0.4, 0.5) is 0 Å². The van der Waals surface area contributed by atoms with Crippen LogP contribution in [0.15, 0.2) is 11.6 Å². The Kier molecular flexibility index (Phi) is 7.14. The first-order valence-corrected chi connectivity index (χ1v) is 13.8. The fourth-order valence-corrected chi connectivity index (χ4v) is 12.5. The number of carbonyl (C=O) groups excluding carboxylic acids is 1. The third kappa shape index (κ3) is 3.60. The van der Waals surface area contributed by atoms with E-state index >= 15 is 0 Å². The minimum Gasteiger partial charge on any atom is -0.416 e. The van der Waals surface area contributed by atoms with Crippen molar-refractivity contribution in [2.24, 2.45) is 22.7 Å². The highest BCUT2D eigenvalue weighted by Crippen LogP contribution is 2.60. The van der Waals surface area contributed by atoms with Crippen molar-refractivity contribution in [1.29, 1.82) is 0 Å². The Bertz CT molecular complexity index is 584. The molecule has 0 N–H and O–H groups in total. The second-order valence-electron chi connectivity index (χ2n) is 11.2. The Balaban J connectivity index is 2.26. The monoisotopic (exact) mass is 406 g/mol. The lowest BCUT2D eigenvalue weighted by Crippen LogP contribution is -2.55. The molecule has 1 saturated carbocycles. The molecule has 0 spiro atoms. The Labute approximate surface area is 176 Å². The van der Waals surface area contributed by atoms with E-state index in [0.717, 1.165) is 32.3 Å². The molecule has 0 bridgehead atoms. The summed E-state index contributed by atoms with van der Waals surface area (Å²) in [4.78, 5) is 13.1. The number of hydrogen-bond acceptors (Lipinski definition) is 2. The molecule has 1 fully saturated rings. The Morgan fingerprint density at radius 3 is 2.14 bits per heavy atom. The van der Waals surface area contributed by atoms with Gasteiger partial charge >= 0.3 is 0 Å². The number of fused-ring (bicyclic) bond motifs is 1. The van der Waals surface area contributed by atoms with Crippen molar-refractivity contribution < 1.29 is 9.22 Å². The van der Waals surface area contributed by atoms with Gasteiger partial charge in [-0.2, -0.15) is 0 Å². The zero-order chi connectivity index (χ0) is 21.5. The van der Waals surface area contributed by atoms with Crippen molar-refractivity contribution in [1.82, 2.24) is 0 Å². The van der Waals surface area contributed by atoms with Gasteiger partial charge in [-0.05, 0) is 67.0 Å². The minimum absolute atomic E-state index is 0.170. The molecule has 0 unspecified atom stereocenters. The van der Waals surface area contributed by atoms with Crippen molar-refractivity contribution in [2.45, 2.75) is 112 Å². The number of rotatable bonds is 7. The first kappa shape index (κ1) is 23.9. The maximum absolute atomic E-state index is 13.1. The fourth-order valence-electron chi connectivity index (χ4n) is 7.08. The molecule has 2 nitrogen and oxygen atoms in total. The molecule has 0 heterocycles. The van der Waals surface area contributed by atoms with E-state index in [0.29, 0.717) is 34.2 Å². The second-order valence-corrected chi connectivity index (χ2v) is 16.6. The molecular weight excluding hydrogens is 360 g/mol. The van der Waals surface area contributed by atoms with E-state index in [1.54, 1.807) is 0 Å². The topological polar surface area (TPSA) is 26.3 Å². The van der Waals surface area contributed by atoms with Crippen molar-refractivity contribution in [3.63, 3.8) is 0 Å². The van der Waals surface area contributed by atoms with Crippen LogP contribution in [0.2, 0.25) is 16.6 Å². The Morgan fingerprint density at radius 1 is 1.11 bits per heavy atom. The Hall–Kier alpha value is -0.413. The van der Waals surface area contributed by atoms with Gasteiger partial charge in [0.15, 0.2) is 8.32 Å². The minimum atomic E-state index is -1.83. The molecular formula is C25H46O2Si. The normalized spacial score (nSPS) is 34.2. The molecule has 4 atom stereocenters. The van der Waals surface area contributed by atoms with E-state index in [1.807, 2.05) is 0 Å². The SMILES string of the molecule is CC1=CCC[C@@H]2[C@]1(C)C(=O)C[C@@H](C)[C@@]2(C)CCO[Si](C(C)C)(C(C)C)C(C)C. The summed E-state index contributed by atoms with van der Waals surface area (Å²) in [5, 5.41) is 0. The van der Waals surface area contributed by atoms with Crippen LogP contribution >= 0.6 is 0 Å². The average Bonchev–Trinajstić information content (AvgIpc) is 2.58. The number of carbonyl (C=O) groups is 1. The summed E-state index contributed by atoms with van der Waals surface area (Å²) in [6.07, 6.45) is 6.37. The van der Waals surface area contributed by atoms with Gasteiger partial charge in [-0.25, -0.2) is 0 Å². The van der Waals surface area contributed by atoms with Crippen molar-refractivity contribution in [3.8, 4) is 0 Å². The second kappa shape index (κ2) is 8.38. The molecule has 0 saturated heterocycles. The number of allylic oxidation sites excluding steroid dienone is 2. The molecule has 0 aromatic heterocycles. The summed E-state index contributed by atoms with van der Waals surface area (Å²) in [7, 11) is -1.83. The van der Waals surface area contributed by atoms with Crippen molar-refractivity contribution >= 4 is 14.1 Å². The smallest absolute Gasteiger partial charge is 0.200 e. The molecule has 2 aliphatic carbocycles. The van der Waals surface area contributed by atoms with Crippen LogP contribution < -0.4 is 0 Å². The van der Waals surface area contributed by atoms with Crippen molar-refractivity contribution in [2.75, 3.05) is 6.61 Å². The van der Waals surface area contributed by atoms with Crippen LogP contribution in [-0.2, 0) is 9.22 Å². The molecule has 2 rings (SSSR count). The lowest BCUT2D eigenvalue weighted by Gasteiger charge is -2.57. The zero-order valence-electron chi connectivity index (χ0n) is 20.3. The maximum atomic E-state index is 13.1. The number of ketones is 1. The molecule has 0 aromatic carbocycles. The molecule has 0 radical (unpaired) electrons. The van der Waals surface area contributed by atoms with E-state index in [-0.39, 0.29) is 10.8 Å². The van der Waals surface area contributed by atoms with Gasteiger partial charge in [-0.15, -0.1) is 0 Å². The van der Waals surface area contributed by atoms with Gasteiger partial charge in [0.25, 0.3) is 0 Å². The first-order valence-electron chi connectivity index (χ1n) is 11.7. The van der Waals surface area contributed by atoms with Crippen LogP contribution in [0.1, 0.15) is 94.9 Å². The zero-order valence-corrected chi connectivity index (χ0v) is 21.3. The largest absolute Gasteiger partial charge is 0.416 e. The molecule has 0 aromatic rings. The summed E-state index contributed by atoms with van der Waals surface area (Å²) in [6, 6.07) is 0. The third-order valence-corrected chi connectivity index (χ3v) is 15.2. The highest BCUT2D eigenvalue weighted by Gasteiger charge is 2.57. The van der Waals surface area contributed by atoms with Gasteiger partial charge < -0.3 is 4.43 Å². The van der Waals surface area contributed by atoms with Gasteiger partial charge in [0.05, 0.1) is 5.41 Å². The molecule has 0 aliphatic heterocycles. The Morgan fingerprint density at radius 2 is 1.64 bits per heavy atom. The van der Waals surface area contributed by atoms with Gasteiger partial charge in [-0.3, -0.25) is 4.79 Å². The molecule has 28 heavy (non-hydrogen) atoms. The fraction of sp³-hybridized carbons (Fsp3) is 0.880. The average molecular weight is 407 g/mol. The molecule has 162 valence electrons. The van der Waals surface area contributed by atoms with E-state index in [9.17, 15) is 4.79 Å². The maximum Gasteiger partial charge on any atom is 0.200 e. The number of hydrogen-bond donors (Lipinski definition) is 0. The van der Waals surface area contributed by atoms with Gasteiger partial charge in [0, 0.05) is 13.0 Å². The summed E-state index contributed by atoms with van der Waals surface area (Å²) < 4.78 is 6.94. The quantitative estimate of drug-likeness (QED) is 0.322. The lowest BCUT2D eigenvalue weighted by molar-refractivity contribution is -0.145. The van der Waals surface area contributed by atoms with E-state index in [1.165, 1.54) is 5.57 Å².